The number of piperidine rings is 3. The van der Waals surface area contributed by atoms with Crippen LogP contribution < -0.4 is 38.8 Å². The number of aromatic amines is 2. The van der Waals surface area contributed by atoms with Crippen molar-refractivity contribution in [2.45, 2.75) is 101 Å². The number of carbonyl (C=O) groups is 5. The maximum atomic E-state index is 13.2. The van der Waals surface area contributed by atoms with Crippen LogP contribution in [0.1, 0.15) is 123 Å². The summed E-state index contributed by atoms with van der Waals surface area (Å²) >= 11 is 11.5. The van der Waals surface area contributed by atoms with Gasteiger partial charge in [-0.2, -0.15) is 4.98 Å². The third-order valence-corrected chi connectivity index (χ3v) is 16.2. The number of oxime groups is 1. The zero-order valence-electron chi connectivity index (χ0n) is 47.1. The van der Waals surface area contributed by atoms with Gasteiger partial charge in [-0.1, -0.05) is 33.5 Å². The van der Waals surface area contributed by atoms with E-state index in [-0.39, 0.29) is 83.8 Å². The zero-order valence-corrected chi connectivity index (χ0v) is 48.6. The number of nitrogens with two attached hydrogens (primary N) is 1. The Balaban J connectivity index is 0.000000167. The third kappa shape index (κ3) is 14.4. The van der Waals surface area contributed by atoms with E-state index in [2.05, 4.69) is 40.2 Å². The molecule has 3 amide bonds. The van der Waals surface area contributed by atoms with E-state index in [0.717, 1.165) is 87.7 Å². The van der Waals surface area contributed by atoms with Gasteiger partial charge in [-0.25, -0.2) is 15.0 Å². The van der Waals surface area contributed by atoms with E-state index < -0.39 is 11.9 Å². The van der Waals surface area contributed by atoms with E-state index in [9.17, 15) is 29.1 Å². The number of pyridine rings is 3. The van der Waals surface area contributed by atoms with Crippen molar-refractivity contribution >= 4 is 58.7 Å². The molecule has 3 saturated heterocycles. The number of fused-ring (bicyclic) bond motifs is 6. The molecular weight excluding hydrogens is 1130 g/mol. The summed E-state index contributed by atoms with van der Waals surface area (Å²) in [5.41, 5.74) is 10.6. The van der Waals surface area contributed by atoms with Crippen LogP contribution in [0.15, 0.2) is 70.6 Å². The Morgan fingerprint density at radius 3 is 1.52 bits per heavy atom. The molecule has 0 spiro atoms. The smallest absolute Gasteiger partial charge is 0.870 e. The molecule has 6 aliphatic rings. The number of rotatable bonds is 8. The van der Waals surface area contributed by atoms with E-state index in [4.69, 9.17) is 57.6 Å². The molecule has 0 bridgehead atoms. The Morgan fingerprint density at radius 2 is 1.10 bits per heavy atom. The molecule has 84 heavy (non-hydrogen) atoms. The van der Waals surface area contributed by atoms with Gasteiger partial charge in [-0.05, 0) is 107 Å². The molecule has 12 heterocycles. The normalized spacial score (nSPS) is 21.3. The second-order valence-corrected chi connectivity index (χ2v) is 21.5. The first-order valence-corrected chi connectivity index (χ1v) is 27.7. The molecule has 0 radical (unpaired) electrons. The molecule has 7 N–H and O–H groups in total. The van der Waals surface area contributed by atoms with Crippen molar-refractivity contribution in [2.24, 2.45) is 22.7 Å². The van der Waals surface area contributed by atoms with E-state index in [0.29, 0.717) is 93.5 Å². The molecule has 28 heteroatoms. The molecule has 25 nitrogen and oxygen atoms in total. The summed E-state index contributed by atoms with van der Waals surface area (Å²) < 4.78 is 25.8. The predicted octanol–water partition coefficient (Wildman–Crippen LogP) is 3.82. The number of amidine groups is 1. The Labute approximate surface area is 505 Å². The summed E-state index contributed by atoms with van der Waals surface area (Å²) in [6.07, 6.45) is 12.8. The SMILES string of the molecule is COC(=O)C1CCC2CCc3nc(OC)ccc3C(=O)N2C1.COc1ccc2c(n1)CCC1CCC(C(=O)O)CN1C2=O.COc1ccc2c(n1)CC[C@@H]1CC[C@H](c3nc(-c4cc(Cl)c[nH]4)no3)CN1C2=O.N/C(=N\O)c1cc(Cl)c[nH]1.[Li+].[OH-]. The fraction of sp³-hybridized carbons (Fsp3) is 0.446. The number of carbonyl (C=O) groups excluding carboxylic acids is 4. The average Bonchev–Trinajstić information content (AvgIpc) is 4.41. The van der Waals surface area contributed by atoms with Crippen molar-refractivity contribution in [3.63, 3.8) is 0 Å². The van der Waals surface area contributed by atoms with Crippen LogP contribution in [0.5, 0.6) is 17.6 Å². The van der Waals surface area contributed by atoms with Crippen molar-refractivity contribution in [3.05, 3.63) is 116 Å². The van der Waals surface area contributed by atoms with Gasteiger partial charge in [0.25, 0.3) is 17.7 Å². The minimum Gasteiger partial charge on any atom is -0.870 e. The average molecular weight is 1190 g/mol. The molecule has 6 aliphatic heterocycles. The van der Waals surface area contributed by atoms with E-state index in [1.54, 1.807) is 81.1 Å². The number of amides is 3. The maximum Gasteiger partial charge on any atom is 1.00 e. The molecule has 3 fully saturated rings. The van der Waals surface area contributed by atoms with Gasteiger partial charge in [0, 0.05) is 68.4 Å². The fourth-order valence-electron chi connectivity index (χ4n) is 11.4. The van der Waals surface area contributed by atoms with Crippen LogP contribution in [0.3, 0.4) is 0 Å². The summed E-state index contributed by atoms with van der Waals surface area (Å²) in [5.74, 6) is 0.751. The number of hydrogen-bond donors (Lipinski definition) is 5. The first kappa shape index (κ1) is 63.9. The molecule has 442 valence electrons. The predicted molar refractivity (Wildman–Crippen MR) is 298 cm³/mol. The van der Waals surface area contributed by atoms with Crippen LogP contribution in [-0.2, 0) is 33.6 Å². The van der Waals surface area contributed by atoms with Gasteiger partial charge in [-0.15, -0.1) is 0 Å². The standard InChI is InChI=1S/C20H20ClN5O3.C16H20N2O4.C15H18N2O4.C5H6ClN3O.Li.H2O/c1-28-17-7-5-14-15(23-17)6-4-13-3-2-11(10-26(13)20(14)27)19-24-18(25-29-19)16-8-12(21)9-22-16;1-21-14-8-6-12-13(17-14)7-5-11-4-3-10(16(20)22-2)9-18(11)15(12)19;1-21-13-7-5-11-12(16-13)6-4-10-3-2-9(15(19)20)8-17(10)14(11)18;6-3-1-4(8-2-3)5(7)9-10;;/h5,7-9,11,13,22H,2-4,6,10H2,1H3;6,8,10-11H,3-5,7,9H2,1-2H3;5,7,9-10H,2-4,6,8H2,1H3,(H,19,20);1-2,8,10H,(H2,7,9);;1H2/q;;;;+1;/p-1/t11-,13-;;;;;/m0...../s1. The minimum absolute atomic E-state index is 0. The molecule has 4 unspecified atom stereocenters. The van der Waals surface area contributed by atoms with Crippen molar-refractivity contribution in [1.82, 2.24) is 49.8 Å². The Bertz CT molecular complexity index is 3340. The molecule has 6 aromatic heterocycles. The second kappa shape index (κ2) is 28.7. The Morgan fingerprint density at radius 1 is 0.643 bits per heavy atom. The number of H-pyrrole nitrogens is 2. The van der Waals surface area contributed by atoms with Crippen LogP contribution in [0.25, 0.3) is 11.5 Å². The maximum absolute atomic E-state index is 13.2. The van der Waals surface area contributed by atoms with Crippen LogP contribution in [-0.4, -0.2) is 167 Å². The van der Waals surface area contributed by atoms with E-state index in [1.165, 1.54) is 7.11 Å². The zero-order chi connectivity index (χ0) is 58.2. The summed E-state index contributed by atoms with van der Waals surface area (Å²) in [4.78, 5) is 90.7. The topological polar surface area (TPSA) is 350 Å². The minimum atomic E-state index is -0.821. The van der Waals surface area contributed by atoms with Crippen molar-refractivity contribution < 1.29 is 82.1 Å². The number of nitrogens with one attached hydrogen (secondary N) is 2. The van der Waals surface area contributed by atoms with Gasteiger partial charge in [0.15, 0.2) is 5.84 Å². The van der Waals surface area contributed by atoms with Crippen LogP contribution in [0.2, 0.25) is 10.0 Å². The Hall–Kier alpha value is -7.69. The van der Waals surface area contributed by atoms with Crippen LogP contribution in [0, 0.1) is 11.8 Å². The number of hydrogen-bond acceptors (Lipinski definition) is 18. The molecule has 6 aromatic rings. The summed E-state index contributed by atoms with van der Waals surface area (Å²) in [5, 5.41) is 25.3. The molecule has 0 aliphatic carbocycles. The Kier molecular flexibility index (Phi) is 21.8. The van der Waals surface area contributed by atoms with Gasteiger partial charge in [0.1, 0.15) is 0 Å². The van der Waals surface area contributed by atoms with Gasteiger partial charge in [-0.3, -0.25) is 24.0 Å². The molecule has 0 saturated carbocycles. The number of methoxy groups -OCH3 is 4. The fourth-order valence-corrected chi connectivity index (χ4v) is 11.7. The monoisotopic (exact) mass is 1190 g/mol. The summed E-state index contributed by atoms with van der Waals surface area (Å²) in [6.45, 7) is 1.29. The van der Waals surface area contributed by atoms with Crippen LogP contribution in [0.4, 0.5) is 0 Å². The van der Waals surface area contributed by atoms with E-state index >= 15 is 0 Å². The number of aryl methyl sites for hydroxylation is 3. The number of aliphatic carboxylic acids is 1. The number of halogens is 2. The quantitative estimate of drug-likeness (QED) is 0.0361. The van der Waals surface area contributed by atoms with Gasteiger partial charge in [0.05, 0.1) is 101 Å². The second-order valence-electron chi connectivity index (χ2n) is 20.6. The number of aromatic nitrogens is 7. The third-order valence-electron chi connectivity index (χ3n) is 15.8. The number of carboxylic acids is 1. The molecule has 12 rings (SSSR count). The van der Waals surface area contributed by atoms with E-state index in [1.807, 2.05) is 15.9 Å². The summed E-state index contributed by atoms with van der Waals surface area (Å²) in [6, 6.07) is 14.3. The number of esters is 1. The number of nitrogens with zero attached hydrogens (tertiary/aromatic N) is 9. The van der Waals surface area contributed by atoms with Crippen molar-refractivity contribution in [3.8, 4) is 29.2 Å². The van der Waals surface area contributed by atoms with Gasteiger partial charge < -0.3 is 69.7 Å². The van der Waals surface area contributed by atoms with Crippen molar-refractivity contribution in [1.29, 1.82) is 0 Å². The first-order chi connectivity index (χ1) is 39.6. The first-order valence-electron chi connectivity index (χ1n) is 26.9. The molecule has 6 atom stereocenters. The largest absolute Gasteiger partial charge is 1.00 e. The van der Waals surface area contributed by atoms with Crippen molar-refractivity contribution in [2.75, 3.05) is 48.1 Å². The number of carboxylic acid groups (broad SMARTS) is 1. The van der Waals surface area contributed by atoms with Crippen LogP contribution >= 0.6 is 23.2 Å². The number of ether oxygens (including phenoxy) is 4. The van der Waals surface area contributed by atoms with Gasteiger partial charge in [0.2, 0.25) is 29.4 Å². The molecular formula is C56H65Cl2LiN12O13. The molecule has 0 aromatic carbocycles. The van der Waals surface area contributed by atoms with Gasteiger partial charge >= 0.3 is 30.8 Å². The summed E-state index contributed by atoms with van der Waals surface area (Å²) in [7, 11) is 6.09.